The first-order chi connectivity index (χ1) is 5.07. The monoisotopic (exact) mass is 156 g/mol. The van der Waals surface area contributed by atoms with Gasteiger partial charge in [-0.2, -0.15) is 0 Å². The number of esters is 1. The maximum absolute atomic E-state index is 10.7. The molecular formula is C8H12O3. The summed E-state index contributed by atoms with van der Waals surface area (Å²) in [7, 11) is 0. The van der Waals surface area contributed by atoms with E-state index >= 15 is 0 Å². The van der Waals surface area contributed by atoms with Gasteiger partial charge in [0.15, 0.2) is 0 Å². The van der Waals surface area contributed by atoms with Crippen LogP contribution in [0.5, 0.6) is 0 Å². The summed E-state index contributed by atoms with van der Waals surface area (Å²) in [6.07, 6.45) is 1.47. The summed E-state index contributed by atoms with van der Waals surface area (Å²) in [5.41, 5.74) is 0.310. The Morgan fingerprint density at radius 3 is 2.64 bits per heavy atom. The number of aliphatic hydroxyl groups excluding tert-OH is 1. The Balaban J connectivity index is 3.88. The summed E-state index contributed by atoms with van der Waals surface area (Å²) in [6.45, 7) is 6.66. The van der Waals surface area contributed by atoms with Gasteiger partial charge in [0.2, 0.25) is 0 Å². The molecule has 0 saturated carbocycles. The highest BCUT2D eigenvalue weighted by molar-refractivity contribution is 5.87. The molecule has 62 valence electrons. The van der Waals surface area contributed by atoms with Gasteiger partial charge in [-0.25, -0.2) is 4.79 Å². The fourth-order valence-corrected chi connectivity index (χ4v) is 0.305. The number of aliphatic hydroxyl groups is 1. The molecule has 0 aliphatic heterocycles. The lowest BCUT2D eigenvalue weighted by molar-refractivity contribution is -0.133. The molecule has 0 heterocycles. The molecule has 0 aromatic rings. The minimum Gasteiger partial charge on any atom is -0.509 e. The van der Waals surface area contributed by atoms with Crippen molar-refractivity contribution in [2.24, 2.45) is 0 Å². The summed E-state index contributed by atoms with van der Waals surface area (Å²) >= 11 is 0. The lowest BCUT2D eigenvalue weighted by Crippen LogP contribution is -2.00. The zero-order valence-corrected chi connectivity index (χ0v) is 6.76. The average Bonchev–Trinajstić information content (AvgIpc) is 1.99. The maximum atomic E-state index is 10.7. The van der Waals surface area contributed by atoms with Crippen molar-refractivity contribution in [3.05, 3.63) is 24.2 Å². The van der Waals surface area contributed by atoms with Crippen molar-refractivity contribution in [2.45, 2.75) is 20.3 Å². The van der Waals surface area contributed by atoms with E-state index in [0.29, 0.717) is 12.0 Å². The molecule has 0 rings (SSSR count). The standard InChI is InChI=1S/C8H12O3/c1-4-7(9)5-11-8(10)6(2)3/h5,9H,2,4H2,1,3H3. The van der Waals surface area contributed by atoms with E-state index in [1.807, 2.05) is 0 Å². The molecule has 0 saturated heterocycles. The third kappa shape index (κ3) is 4.19. The van der Waals surface area contributed by atoms with Crippen molar-refractivity contribution in [2.75, 3.05) is 0 Å². The third-order valence-corrected chi connectivity index (χ3v) is 1.01. The molecule has 3 nitrogen and oxygen atoms in total. The molecule has 0 fully saturated rings. The molecule has 0 aliphatic rings. The van der Waals surface area contributed by atoms with Crippen LogP contribution in [0.3, 0.4) is 0 Å². The molecule has 0 amide bonds. The first-order valence-corrected chi connectivity index (χ1v) is 3.32. The van der Waals surface area contributed by atoms with Crippen molar-refractivity contribution in [3.8, 4) is 0 Å². The zero-order chi connectivity index (χ0) is 8.85. The van der Waals surface area contributed by atoms with E-state index in [4.69, 9.17) is 5.11 Å². The smallest absolute Gasteiger partial charge is 0.338 e. The van der Waals surface area contributed by atoms with Gasteiger partial charge in [-0.15, -0.1) is 0 Å². The first-order valence-electron chi connectivity index (χ1n) is 3.32. The Labute approximate surface area is 66.0 Å². The van der Waals surface area contributed by atoms with Crippen molar-refractivity contribution in [1.29, 1.82) is 0 Å². The molecule has 0 unspecified atom stereocenters. The van der Waals surface area contributed by atoms with Crippen molar-refractivity contribution >= 4 is 5.97 Å². The first kappa shape index (κ1) is 9.75. The second-order valence-corrected chi connectivity index (χ2v) is 2.15. The maximum Gasteiger partial charge on any atom is 0.338 e. The van der Waals surface area contributed by atoms with Gasteiger partial charge in [-0.05, 0) is 6.92 Å². The van der Waals surface area contributed by atoms with E-state index < -0.39 is 5.97 Å². The number of carbonyl (C=O) groups is 1. The average molecular weight is 156 g/mol. The quantitative estimate of drug-likeness (QED) is 0.385. The highest BCUT2D eigenvalue weighted by Gasteiger charge is 2.00. The number of rotatable bonds is 3. The number of allylic oxidation sites excluding steroid dienone is 1. The molecular weight excluding hydrogens is 144 g/mol. The van der Waals surface area contributed by atoms with Gasteiger partial charge in [-0.1, -0.05) is 13.5 Å². The molecule has 0 aromatic carbocycles. The SMILES string of the molecule is C=C(C)C(=O)OC=C(O)CC. The second-order valence-electron chi connectivity index (χ2n) is 2.15. The van der Waals surface area contributed by atoms with E-state index in [1.54, 1.807) is 13.8 Å². The van der Waals surface area contributed by atoms with Gasteiger partial charge in [0, 0.05) is 12.0 Å². The van der Waals surface area contributed by atoms with Crippen LogP contribution in [0.2, 0.25) is 0 Å². The molecule has 1 N–H and O–H groups in total. The minimum absolute atomic E-state index is 0.0413. The van der Waals surface area contributed by atoms with Gasteiger partial charge in [0.1, 0.15) is 12.0 Å². The Morgan fingerprint density at radius 1 is 1.73 bits per heavy atom. The topological polar surface area (TPSA) is 46.5 Å². The highest BCUT2D eigenvalue weighted by atomic mass is 16.5. The second kappa shape index (κ2) is 4.55. The van der Waals surface area contributed by atoms with Gasteiger partial charge in [0.05, 0.1) is 0 Å². The Bertz CT molecular complexity index is 192. The third-order valence-electron chi connectivity index (χ3n) is 1.01. The fraction of sp³-hybridized carbons (Fsp3) is 0.375. The van der Waals surface area contributed by atoms with Crippen LogP contribution in [0.1, 0.15) is 20.3 Å². The fourth-order valence-electron chi connectivity index (χ4n) is 0.305. The summed E-state index contributed by atoms with van der Waals surface area (Å²) < 4.78 is 4.51. The van der Waals surface area contributed by atoms with Gasteiger partial charge in [-0.3, -0.25) is 0 Å². The van der Waals surface area contributed by atoms with Crippen LogP contribution in [0, 0.1) is 0 Å². The van der Waals surface area contributed by atoms with E-state index in [-0.39, 0.29) is 5.76 Å². The molecule has 11 heavy (non-hydrogen) atoms. The largest absolute Gasteiger partial charge is 0.509 e. The highest BCUT2D eigenvalue weighted by Crippen LogP contribution is 1.98. The predicted octanol–water partition coefficient (Wildman–Crippen LogP) is 1.92. The number of carbonyl (C=O) groups excluding carboxylic acids is 1. The number of hydrogen-bond donors (Lipinski definition) is 1. The molecule has 0 aromatic heterocycles. The zero-order valence-electron chi connectivity index (χ0n) is 6.76. The van der Waals surface area contributed by atoms with Gasteiger partial charge in [0.25, 0.3) is 0 Å². The van der Waals surface area contributed by atoms with Crippen LogP contribution in [0.4, 0.5) is 0 Å². The van der Waals surface area contributed by atoms with E-state index in [0.717, 1.165) is 6.26 Å². The van der Waals surface area contributed by atoms with Crippen LogP contribution < -0.4 is 0 Å². The van der Waals surface area contributed by atoms with E-state index in [9.17, 15) is 4.79 Å². The van der Waals surface area contributed by atoms with Crippen molar-refractivity contribution < 1.29 is 14.6 Å². The van der Waals surface area contributed by atoms with Gasteiger partial charge < -0.3 is 9.84 Å². The van der Waals surface area contributed by atoms with E-state index in [2.05, 4.69) is 11.3 Å². The van der Waals surface area contributed by atoms with Crippen molar-refractivity contribution in [1.82, 2.24) is 0 Å². The Kier molecular flexibility index (Phi) is 4.03. The van der Waals surface area contributed by atoms with Crippen LogP contribution in [-0.2, 0) is 9.53 Å². The van der Waals surface area contributed by atoms with Crippen LogP contribution in [-0.4, -0.2) is 11.1 Å². The normalized spacial score (nSPS) is 10.9. The summed E-state index contributed by atoms with van der Waals surface area (Å²) in [6, 6.07) is 0. The molecule has 0 aliphatic carbocycles. The Morgan fingerprint density at radius 2 is 2.27 bits per heavy atom. The molecule has 0 spiro atoms. The van der Waals surface area contributed by atoms with Crippen LogP contribution >= 0.6 is 0 Å². The van der Waals surface area contributed by atoms with Crippen LogP contribution in [0.25, 0.3) is 0 Å². The minimum atomic E-state index is -0.523. The molecule has 3 heteroatoms. The molecule has 0 bridgehead atoms. The van der Waals surface area contributed by atoms with Crippen LogP contribution in [0.15, 0.2) is 24.2 Å². The lowest BCUT2D eigenvalue weighted by atomic mass is 10.4. The van der Waals surface area contributed by atoms with Crippen molar-refractivity contribution in [3.63, 3.8) is 0 Å². The summed E-state index contributed by atoms with van der Waals surface area (Å²) in [5.74, 6) is -0.482. The summed E-state index contributed by atoms with van der Waals surface area (Å²) in [5, 5.41) is 8.84. The molecule has 0 atom stereocenters. The van der Waals surface area contributed by atoms with Gasteiger partial charge >= 0.3 is 5.97 Å². The molecule has 0 radical (unpaired) electrons. The number of ether oxygens (including phenoxy) is 1. The number of hydrogen-bond acceptors (Lipinski definition) is 3. The lowest BCUT2D eigenvalue weighted by Gasteiger charge is -1.97. The predicted molar refractivity (Wildman–Crippen MR) is 41.9 cm³/mol. The summed E-state index contributed by atoms with van der Waals surface area (Å²) in [4.78, 5) is 10.7. The Hall–Kier alpha value is -1.25. The van der Waals surface area contributed by atoms with E-state index in [1.165, 1.54) is 0 Å².